The molecule has 2 atom stereocenters. The zero-order chi connectivity index (χ0) is 16.4. The van der Waals surface area contributed by atoms with Crippen LogP contribution in [-0.2, 0) is 19.6 Å². The van der Waals surface area contributed by atoms with Crippen LogP contribution in [0.5, 0.6) is 0 Å². The standard InChI is InChI=1S/C15H19N3O4S/c1-10(12-6-4-8-22-12)17-14(19)9-16-15-11-5-2-3-7-13(11)23(20,21)18-15/h2-3,5,7,10,12H,4,6,8-9H2,1H3,(H,16,18)(H,17,19)/t10-,12+/m0/s1. The number of ether oxygens (including phenoxy) is 1. The Morgan fingerprint density at radius 1 is 1.48 bits per heavy atom. The van der Waals surface area contributed by atoms with Gasteiger partial charge in [0.2, 0.25) is 5.91 Å². The minimum absolute atomic E-state index is 0.0392. The Hall–Kier alpha value is -1.93. The number of carbonyl (C=O) groups is 1. The van der Waals surface area contributed by atoms with Crippen LogP contribution < -0.4 is 10.0 Å². The van der Waals surface area contributed by atoms with Gasteiger partial charge in [0.1, 0.15) is 12.4 Å². The second-order valence-electron chi connectivity index (χ2n) is 5.67. The van der Waals surface area contributed by atoms with Crippen LogP contribution in [0.4, 0.5) is 0 Å². The van der Waals surface area contributed by atoms with E-state index < -0.39 is 10.0 Å². The van der Waals surface area contributed by atoms with Crippen molar-refractivity contribution in [2.45, 2.75) is 36.8 Å². The van der Waals surface area contributed by atoms with Crippen LogP contribution >= 0.6 is 0 Å². The summed E-state index contributed by atoms with van der Waals surface area (Å²) >= 11 is 0. The van der Waals surface area contributed by atoms with Crippen LogP contribution in [0.1, 0.15) is 25.3 Å². The summed E-state index contributed by atoms with van der Waals surface area (Å²) in [6.07, 6.45) is 1.98. The summed E-state index contributed by atoms with van der Waals surface area (Å²) in [5, 5.41) is 2.84. The van der Waals surface area contributed by atoms with Crippen molar-refractivity contribution in [2.24, 2.45) is 4.99 Å². The highest BCUT2D eigenvalue weighted by molar-refractivity contribution is 7.90. The van der Waals surface area contributed by atoms with Crippen LogP contribution in [0, 0.1) is 0 Å². The minimum atomic E-state index is -3.57. The molecule has 1 aromatic carbocycles. The summed E-state index contributed by atoms with van der Waals surface area (Å²) in [6.45, 7) is 2.49. The number of rotatable bonds is 4. The number of hydrogen-bond donors (Lipinski definition) is 2. The van der Waals surface area contributed by atoms with E-state index >= 15 is 0 Å². The Labute approximate surface area is 135 Å². The molecule has 2 heterocycles. The first-order chi connectivity index (χ1) is 11.0. The van der Waals surface area contributed by atoms with Crippen molar-refractivity contribution >= 4 is 21.8 Å². The van der Waals surface area contributed by atoms with Gasteiger partial charge in [0.15, 0.2) is 0 Å². The average Bonchev–Trinajstić information content (AvgIpc) is 3.13. The highest BCUT2D eigenvalue weighted by Crippen LogP contribution is 2.22. The van der Waals surface area contributed by atoms with Gasteiger partial charge in [0.25, 0.3) is 10.0 Å². The third-order valence-electron chi connectivity index (χ3n) is 3.95. The lowest BCUT2D eigenvalue weighted by Crippen LogP contribution is -2.42. The molecular formula is C15H19N3O4S. The predicted molar refractivity (Wildman–Crippen MR) is 84.7 cm³/mol. The Kier molecular flexibility index (Phi) is 4.36. The van der Waals surface area contributed by atoms with Crippen molar-refractivity contribution in [2.75, 3.05) is 13.2 Å². The van der Waals surface area contributed by atoms with E-state index in [4.69, 9.17) is 4.74 Å². The second-order valence-corrected chi connectivity index (χ2v) is 7.32. The summed E-state index contributed by atoms with van der Waals surface area (Å²) in [7, 11) is -3.57. The van der Waals surface area contributed by atoms with Crippen molar-refractivity contribution in [3.8, 4) is 0 Å². The van der Waals surface area contributed by atoms with E-state index in [1.54, 1.807) is 18.2 Å². The number of carbonyl (C=O) groups excluding carboxylic acids is 1. The Bertz CT molecular complexity index is 739. The molecule has 2 aliphatic heterocycles. The lowest BCUT2D eigenvalue weighted by molar-refractivity contribution is -0.121. The van der Waals surface area contributed by atoms with Gasteiger partial charge in [-0.3, -0.25) is 14.5 Å². The molecule has 1 fully saturated rings. The monoisotopic (exact) mass is 337 g/mol. The molecule has 1 amide bonds. The molecule has 1 saturated heterocycles. The number of nitrogens with zero attached hydrogens (tertiary/aromatic N) is 1. The maximum atomic E-state index is 12.0. The molecule has 23 heavy (non-hydrogen) atoms. The Balaban J connectivity index is 1.65. The van der Waals surface area contributed by atoms with Crippen LogP contribution in [0.2, 0.25) is 0 Å². The topological polar surface area (TPSA) is 96.9 Å². The zero-order valence-electron chi connectivity index (χ0n) is 12.8. The van der Waals surface area contributed by atoms with Crippen LogP contribution in [0.3, 0.4) is 0 Å². The molecule has 0 unspecified atom stereocenters. The van der Waals surface area contributed by atoms with Crippen molar-refractivity contribution < 1.29 is 17.9 Å². The molecule has 0 saturated carbocycles. The zero-order valence-corrected chi connectivity index (χ0v) is 13.6. The van der Waals surface area contributed by atoms with E-state index in [1.807, 2.05) is 6.92 Å². The van der Waals surface area contributed by atoms with Crippen LogP contribution in [-0.4, -0.2) is 45.5 Å². The molecular weight excluding hydrogens is 318 g/mol. The van der Waals surface area contributed by atoms with Gasteiger partial charge in [-0.2, -0.15) is 0 Å². The first-order valence-electron chi connectivity index (χ1n) is 7.55. The van der Waals surface area contributed by atoms with E-state index in [9.17, 15) is 13.2 Å². The van der Waals surface area contributed by atoms with Gasteiger partial charge >= 0.3 is 0 Å². The number of benzene rings is 1. The van der Waals surface area contributed by atoms with E-state index in [1.165, 1.54) is 6.07 Å². The fourth-order valence-corrected chi connectivity index (χ4v) is 4.04. The summed E-state index contributed by atoms with van der Waals surface area (Å²) in [5.41, 5.74) is 0.493. The maximum absolute atomic E-state index is 12.0. The minimum Gasteiger partial charge on any atom is -0.376 e. The third-order valence-corrected chi connectivity index (χ3v) is 5.35. The highest BCUT2D eigenvalue weighted by Gasteiger charge is 2.30. The van der Waals surface area contributed by atoms with Gasteiger partial charge in [-0.05, 0) is 31.9 Å². The summed E-state index contributed by atoms with van der Waals surface area (Å²) in [4.78, 5) is 16.3. The van der Waals surface area contributed by atoms with Crippen LogP contribution in [0.25, 0.3) is 0 Å². The molecule has 2 N–H and O–H groups in total. The van der Waals surface area contributed by atoms with E-state index in [2.05, 4.69) is 15.0 Å². The molecule has 3 rings (SSSR count). The summed E-state index contributed by atoms with van der Waals surface area (Å²) in [6, 6.07) is 6.48. The first kappa shape index (κ1) is 15.9. The Morgan fingerprint density at radius 3 is 3.00 bits per heavy atom. The molecule has 0 bridgehead atoms. The summed E-state index contributed by atoms with van der Waals surface area (Å²) in [5.74, 6) is -0.0513. The fraction of sp³-hybridized carbons (Fsp3) is 0.467. The molecule has 124 valence electrons. The third kappa shape index (κ3) is 3.37. The van der Waals surface area contributed by atoms with Gasteiger partial charge in [0, 0.05) is 12.2 Å². The van der Waals surface area contributed by atoms with Gasteiger partial charge in [-0.1, -0.05) is 12.1 Å². The molecule has 0 aromatic heterocycles. The van der Waals surface area contributed by atoms with E-state index in [-0.39, 0.29) is 35.3 Å². The fourth-order valence-electron chi connectivity index (χ4n) is 2.79. The number of sulfonamides is 1. The summed E-state index contributed by atoms with van der Waals surface area (Å²) < 4.78 is 31.8. The van der Waals surface area contributed by atoms with Crippen molar-refractivity contribution in [3.63, 3.8) is 0 Å². The van der Waals surface area contributed by atoms with Gasteiger partial charge in [-0.15, -0.1) is 0 Å². The molecule has 1 aromatic rings. The highest BCUT2D eigenvalue weighted by atomic mass is 32.2. The van der Waals surface area contributed by atoms with E-state index in [0.29, 0.717) is 5.56 Å². The quantitative estimate of drug-likeness (QED) is 0.831. The number of nitrogens with one attached hydrogen (secondary N) is 2. The normalized spacial score (nSPS) is 24.9. The Morgan fingerprint density at radius 2 is 2.26 bits per heavy atom. The number of amidine groups is 1. The maximum Gasteiger partial charge on any atom is 0.263 e. The number of aliphatic imine (C=N–C) groups is 1. The lowest BCUT2D eigenvalue weighted by atomic mass is 10.1. The molecule has 0 spiro atoms. The van der Waals surface area contributed by atoms with Crippen molar-refractivity contribution in [1.29, 1.82) is 0 Å². The average molecular weight is 337 g/mol. The number of hydrogen-bond acceptors (Lipinski definition) is 5. The molecule has 7 nitrogen and oxygen atoms in total. The molecule has 2 aliphatic rings. The predicted octanol–water partition coefficient (Wildman–Crippen LogP) is 0.409. The largest absolute Gasteiger partial charge is 0.376 e. The lowest BCUT2D eigenvalue weighted by Gasteiger charge is -2.19. The van der Waals surface area contributed by atoms with E-state index in [0.717, 1.165) is 19.4 Å². The molecule has 0 aliphatic carbocycles. The van der Waals surface area contributed by atoms with Crippen molar-refractivity contribution in [3.05, 3.63) is 29.8 Å². The van der Waals surface area contributed by atoms with Gasteiger partial charge in [0.05, 0.1) is 17.0 Å². The number of fused-ring (bicyclic) bond motifs is 1. The molecule has 0 radical (unpaired) electrons. The SMILES string of the molecule is C[C@H](NC(=O)CN=C1NS(=O)(=O)c2ccccc21)[C@H]1CCCO1. The molecule has 8 heteroatoms. The number of amides is 1. The smallest absolute Gasteiger partial charge is 0.263 e. The van der Waals surface area contributed by atoms with Crippen molar-refractivity contribution in [1.82, 2.24) is 10.0 Å². The second kappa shape index (κ2) is 6.29. The van der Waals surface area contributed by atoms with Crippen LogP contribution in [0.15, 0.2) is 34.2 Å². The first-order valence-corrected chi connectivity index (χ1v) is 9.03. The van der Waals surface area contributed by atoms with Gasteiger partial charge in [-0.25, -0.2) is 8.42 Å². The van der Waals surface area contributed by atoms with Gasteiger partial charge < -0.3 is 10.1 Å².